The lowest BCUT2D eigenvalue weighted by Gasteiger charge is -2.06. The molecule has 88 valence electrons. The first-order chi connectivity index (χ1) is 7.65. The van der Waals surface area contributed by atoms with E-state index < -0.39 is 0 Å². The summed E-state index contributed by atoms with van der Waals surface area (Å²) < 4.78 is 0. The van der Waals surface area contributed by atoms with Gasteiger partial charge in [-0.3, -0.25) is 4.79 Å². The predicted octanol–water partition coefficient (Wildman–Crippen LogP) is 2.96. The maximum absolute atomic E-state index is 11.7. The van der Waals surface area contributed by atoms with Crippen LogP contribution in [-0.2, 0) is 0 Å². The second-order valence-corrected chi connectivity index (χ2v) is 4.11. The number of carbonyl (C=O) groups is 1. The lowest BCUT2D eigenvalue weighted by molar-refractivity contribution is 0.0953. The Morgan fingerprint density at radius 1 is 1.44 bits per heavy atom. The number of hydrogen-bond donors (Lipinski definition) is 1. The van der Waals surface area contributed by atoms with Crippen molar-refractivity contribution >= 4 is 17.5 Å². The highest BCUT2D eigenvalue weighted by molar-refractivity contribution is 6.32. The van der Waals surface area contributed by atoms with E-state index in [1.54, 1.807) is 12.1 Å². The van der Waals surface area contributed by atoms with Crippen molar-refractivity contribution in [2.45, 2.75) is 33.1 Å². The van der Waals surface area contributed by atoms with Gasteiger partial charge in [0.2, 0.25) is 0 Å². The zero-order chi connectivity index (χ0) is 12.0. The maximum Gasteiger partial charge on any atom is 0.254 e. The topological polar surface area (TPSA) is 42.0 Å². The molecule has 0 saturated carbocycles. The number of halogens is 1. The second-order valence-electron chi connectivity index (χ2n) is 3.75. The molecular formula is C12H17ClN2O. The van der Waals surface area contributed by atoms with E-state index in [0.29, 0.717) is 12.1 Å². The van der Waals surface area contributed by atoms with Gasteiger partial charge in [0.1, 0.15) is 5.15 Å². The first kappa shape index (κ1) is 13.0. The van der Waals surface area contributed by atoms with Crippen molar-refractivity contribution in [1.29, 1.82) is 0 Å². The first-order valence-corrected chi connectivity index (χ1v) is 5.94. The van der Waals surface area contributed by atoms with E-state index >= 15 is 0 Å². The summed E-state index contributed by atoms with van der Waals surface area (Å²) in [5.41, 5.74) is 1.26. The number of unbranched alkanes of at least 4 members (excludes halogenated alkanes) is 2. The third kappa shape index (κ3) is 3.81. The molecule has 4 heteroatoms. The van der Waals surface area contributed by atoms with Crippen LogP contribution in [0.3, 0.4) is 0 Å². The fraction of sp³-hybridized carbons (Fsp3) is 0.500. The third-order valence-electron chi connectivity index (χ3n) is 2.30. The van der Waals surface area contributed by atoms with E-state index in [0.717, 1.165) is 25.0 Å². The predicted molar refractivity (Wildman–Crippen MR) is 65.8 cm³/mol. The molecule has 1 aromatic rings. The Bertz CT molecular complexity index is 366. The minimum atomic E-state index is -0.145. The van der Waals surface area contributed by atoms with Crippen molar-refractivity contribution in [1.82, 2.24) is 10.3 Å². The summed E-state index contributed by atoms with van der Waals surface area (Å²) in [4.78, 5) is 15.7. The molecule has 0 aliphatic rings. The number of amides is 1. The van der Waals surface area contributed by atoms with Gasteiger partial charge in [-0.05, 0) is 25.5 Å². The number of aromatic nitrogens is 1. The van der Waals surface area contributed by atoms with Crippen LogP contribution in [0, 0.1) is 6.92 Å². The lowest BCUT2D eigenvalue weighted by Crippen LogP contribution is -2.25. The molecule has 0 saturated heterocycles. The van der Waals surface area contributed by atoms with E-state index in [9.17, 15) is 4.79 Å². The molecule has 16 heavy (non-hydrogen) atoms. The number of pyridine rings is 1. The van der Waals surface area contributed by atoms with Crippen molar-refractivity contribution < 1.29 is 4.79 Å². The summed E-state index contributed by atoms with van der Waals surface area (Å²) in [6, 6.07) is 3.49. The van der Waals surface area contributed by atoms with Gasteiger partial charge in [0.25, 0.3) is 5.91 Å². The number of nitrogens with one attached hydrogen (secondary N) is 1. The highest BCUT2D eigenvalue weighted by atomic mass is 35.5. The molecule has 0 atom stereocenters. The van der Waals surface area contributed by atoms with Crippen LogP contribution in [0.5, 0.6) is 0 Å². The lowest BCUT2D eigenvalue weighted by atomic mass is 10.2. The summed E-state index contributed by atoms with van der Waals surface area (Å²) in [7, 11) is 0. The molecule has 0 aromatic carbocycles. The van der Waals surface area contributed by atoms with E-state index in [2.05, 4.69) is 17.2 Å². The molecule has 0 fully saturated rings. The van der Waals surface area contributed by atoms with E-state index in [-0.39, 0.29) is 11.1 Å². The molecule has 0 unspecified atom stereocenters. The minimum absolute atomic E-state index is 0.145. The van der Waals surface area contributed by atoms with Crippen LogP contribution >= 0.6 is 11.6 Å². The highest BCUT2D eigenvalue weighted by Gasteiger charge is 2.10. The Labute approximate surface area is 101 Å². The zero-order valence-corrected chi connectivity index (χ0v) is 10.5. The molecule has 1 N–H and O–H groups in total. The summed E-state index contributed by atoms with van der Waals surface area (Å²) in [5.74, 6) is -0.145. The quantitative estimate of drug-likeness (QED) is 0.635. The van der Waals surface area contributed by atoms with Gasteiger partial charge in [0, 0.05) is 12.2 Å². The molecule has 0 radical (unpaired) electrons. The van der Waals surface area contributed by atoms with Crippen LogP contribution < -0.4 is 5.32 Å². The molecular weight excluding hydrogens is 224 g/mol. The van der Waals surface area contributed by atoms with Crippen LogP contribution in [-0.4, -0.2) is 17.4 Å². The fourth-order valence-electron chi connectivity index (χ4n) is 1.37. The van der Waals surface area contributed by atoms with E-state index in [1.807, 2.05) is 6.92 Å². The Balaban J connectivity index is 2.53. The number of carbonyl (C=O) groups excluding carboxylic acids is 1. The van der Waals surface area contributed by atoms with Crippen molar-refractivity contribution in [3.8, 4) is 0 Å². The number of rotatable bonds is 5. The van der Waals surface area contributed by atoms with Crippen LogP contribution in [0.15, 0.2) is 12.1 Å². The average molecular weight is 241 g/mol. The largest absolute Gasteiger partial charge is 0.352 e. The third-order valence-corrected chi connectivity index (χ3v) is 2.59. The van der Waals surface area contributed by atoms with Gasteiger partial charge in [0.05, 0.1) is 5.56 Å². The Hall–Kier alpha value is -1.09. The van der Waals surface area contributed by atoms with E-state index in [1.165, 1.54) is 0 Å². The van der Waals surface area contributed by atoms with Gasteiger partial charge < -0.3 is 5.32 Å². The maximum atomic E-state index is 11.7. The molecule has 0 bridgehead atoms. The van der Waals surface area contributed by atoms with Crippen LogP contribution in [0.2, 0.25) is 5.15 Å². The second kappa shape index (κ2) is 6.48. The molecule has 1 rings (SSSR count). The Kier molecular flexibility index (Phi) is 5.26. The molecule has 3 nitrogen and oxygen atoms in total. The van der Waals surface area contributed by atoms with Gasteiger partial charge in [-0.15, -0.1) is 0 Å². The molecule has 0 spiro atoms. The average Bonchev–Trinajstić information content (AvgIpc) is 2.24. The number of nitrogens with zero attached hydrogens (tertiary/aromatic N) is 1. The summed E-state index contributed by atoms with van der Waals surface area (Å²) in [5, 5.41) is 3.10. The highest BCUT2D eigenvalue weighted by Crippen LogP contribution is 2.13. The Morgan fingerprint density at radius 3 is 2.81 bits per heavy atom. The summed E-state index contributed by atoms with van der Waals surface area (Å²) in [6.07, 6.45) is 3.27. The van der Waals surface area contributed by atoms with E-state index in [4.69, 9.17) is 11.6 Å². The normalized spacial score (nSPS) is 10.2. The SMILES string of the molecule is CCCCCNC(=O)c1ccc(C)nc1Cl. The van der Waals surface area contributed by atoms with Crippen LogP contribution in [0.1, 0.15) is 42.2 Å². The molecule has 0 aliphatic carbocycles. The number of hydrogen-bond acceptors (Lipinski definition) is 2. The number of aryl methyl sites for hydroxylation is 1. The van der Waals surface area contributed by atoms with Crippen molar-refractivity contribution in [3.63, 3.8) is 0 Å². The van der Waals surface area contributed by atoms with Gasteiger partial charge in [0.15, 0.2) is 0 Å². The minimum Gasteiger partial charge on any atom is -0.352 e. The molecule has 1 amide bonds. The van der Waals surface area contributed by atoms with Gasteiger partial charge in [-0.1, -0.05) is 31.4 Å². The smallest absolute Gasteiger partial charge is 0.254 e. The van der Waals surface area contributed by atoms with Gasteiger partial charge in [-0.2, -0.15) is 0 Å². The van der Waals surface area contributed by atoms with Gasteiger partial charge in [-0.25, -0.2) is 4.98 Å². The first-order valence-electron chi connectivity index (χ1n) is 5.56. The molecule has 1 aromatic heterocycles. The van der Waals surface area contributed by atoms with Crippen molar-refractivity contribution in [3.05, 3.63) is 28.5 Å². The van der Waals surface area contributed by atoms with Crippen LogP contribution in [0.4, 0.5) is 0 Å². The van der Waals surface area contributed by atoms with Crippen LogP contribution in [0.25, 0.3) is 0 Å². The fourth-order valence-corrected chi connectivity index (χ4v) is 1.65. The van der Waals surface area contributed by atoms with Crippen molar-refractivity contribution in [2.24, 2.45) is 0 Å². The Morgan fingerprint density at radius 2 is 2.19 bits per heavy atom. The zero-order valence-electron chi connectivity index (χ0n) is 9.72. The van der Waals surface area contributed by atoms with Crippen molar-refractivity contribution in [2.75, 3.05) is 6.54 Å². The molecule has 1 heterocycles. The van der Waals surface area contributed by atoms with Gasteiger partial charge >= 0.3 is 0 Å². The summed E-state index contributed by atoms with van der Waals surface area (Å²) in [6.45, 7) is 4.66. The molecule has 0 aliphatic heterocycles. The summed E-state index contributed by atoms with van der Waals surface area (Å²) >= 11 is 5.89. The monoisotopic (exact) mass is 240 g/mol. The standard InChI is InChI=1S/C12H17ClN2O/c1-3-4-5-8-14-12(16)10-7-6-9(2)15-11(10)13/h6-7H,3-5,8H2,1-2H3,(H,14,16).